The zero-order valence-corrected chi connectivity index (χ0v) is 14.1. The van der Waals surface area contributed by atoms with Crippen molar-refractivity contribution in [1.29, 1.82) is 0 Å². The Hall–Kier alpha value is 0.1000. The van der Waals surface area contributed by atoms with Crippen molar-refractivity contribution in [3.05, 3.63) is 32.7 Å². The maximum absolute atomic E-state index is 8.98. The van der Waals surface area contributed by atoms with E-state index in [1.165, 1.54) is 5.56 Å². The fourth-order valence-electron chi connectivity index (χ4n) is 1.94. The third kappa shape index (κ3) is 5.00. The van der Waals surface area contributed by atoms with Crippen molar-refractivity contribution in [3.8, 4) is 0 Å². The minimum Gasteiger partial charge on any atom is -0.396 e. The summed E-state index contributed by atoms with van der Waals surface area (Å²) in [6.45, 7) is 5.55. The molecule has 0 aliphatic carbocycles. The van der Waals surface area contributed by atoms with Gasteiger partial charge in [0.25, 0.3) is 0 Å². The van der Waals surface area contributed by atoms with Gasteiger partial charge in [-0.2, -0.15) is 0 Å². The molecule has 18 heavy (non-hydrogen) atoms. The van der Waals surface area contributed by atoms with Crippen molar-refractivity contribution in [2.75, 3.05) is 13.2 Å². The highest BCUT2D eigenvalue weighted by Crippen LogP contribution is 2.26. The molecule has 0 aromatic heterocycles. The van der Waals surface area contributed by atoms with Crippen LogP contribution in [0.2, 0.25) is 0 Å². The predicted molar refractivity (Wildman–Crippen MR) is 83.7 cm³/mol. The van der Waals surface area contributed by atoms with Crippen LogP contribution in [-0.2, 0) is 0 Å². The van der Waals surface area contributed by atoms with E-state index in [-0.39, 0.29) is 6.61 Å². The lowest BCUT2D eigenvalue weighted by Crippen LogP contribution is -2.26. The molecule has 0 spiro atoms. The van der Waals surface area contributed by atoms with E-state index in [2.05, 4.69) is 69.2 Å². The molecule has 2 N–H and O–H groups in total. The summed E-state index contributed by atoms with van der Waals surface area (Å²) < 4.78 is 2.20. The Morgan fingerprint density at radius 1 is 1.33 bits per heavy atom. The fraction of sp³-hybridized carbons (Fsp3) is 0.571. The molecule has 0 radical (unpaired) electrons. The zero-order chi connectivity index (χ0) is 13.5. The van der Waals surface area contributed by atoms with Crippen molar-refractivity contribution in [1.82, 2.24) is 5.32 Å². The summed E-state index contributed by atoms with van der Waals surface area (Å²) in [6.07, 6.45) is 1.97. The van der Waals surface area contributed by atoms with E-state index in [0.29, 0.717) is 12.0 Å². The minimum atomic E-state index is 0.274. The van der Waals surface area contributed by atoms with Crippen molar-refractivity contribution in [3.63, 3.8) is 0 Å². The molecule has 0 fully saturated rings. The first kappa shape index (κ1) is 16.2. The van der Waals surface area contributed by atoms with Crippen LogP contribution in [0.15, 0.2) is 27.1 Å². The van der Waals surface area contributed by atoms with Gasteiger partial charge in [0.15, 0.2) is 0 Å². The Morgan fingerprint density at radius 2 is 2.06 bits per heavy atom. The molecular weight excluding hydrogens is 358 g/mol. The summed E-state index contributed by atoms with van der Waals surface area (Å²) in [4.78, 5) is 0. The predicted octanol–water partition coefficient (Wildman–Crippen LogP) is 4.27. The second kappa shape index (κ2) is 8.31. The van der Waals surface area contributed by atoms with Gasteiger partial charge in [-0.3, -0.25) is 0 Å². The summed E-state index contributed by atoms with van der Waals surface area (Å²) in [6, 6.07) is 6.56. The molecule has 0 bridgehead atoms. The highest BCUT2D eigenvalue weighted by molar-refractivity contribution is 9.11. The van der Waals surface area contributed by atoms with E-state index >= 15 is 0 Å². The van der Waals surface area contributed by atoms with Crippen LogP contribution in [-0.4, -0.2) is 18.3 Å². The molecule has 4 heteroatoms. The van der Waals surface area contributed by atoms with E-state index in [1.807, 2.05) is 0 Å². The number of nitrogens with one attached hydrogen (secondary N) is 1. The van der Waals surface area contributed by atoms with Gasteiger partial charge in [-0.05, 0) is 43.5 Å². The van der Waals surface area contributed by atoms with Gasteiger partial charge in [-0.15, -0.1) is 0 Å². The van der Waals surface area contributed by atoms with Crippen LogP contribution in [0.3, 0.4) is 0 Å². The molecule has 1 aromatic rings. The number of benzene rings is 1. The van der Waals surface area contributed by atoms with Gasteiger partial charge >= 0.3 is 0 Å². The van der Waals surface area contributed by atoms with Crippen LogP contribution < -0.4 is 5.32 Å². The van der Waals surface area contributed by atoms with Crippen LogP contribution in [0, 0.1) is 5.92 Å². The third-order valence-electron chi connectivity index (χ3n) is 3.26. The van der Waals surface area contributed by atoms with Gasteiger partial charge in [-0.1, -0.05) is 51.3 Å². The normalized spacial score (nSPS) is 14.5. The van der Waals surface area contributed by atoms with Gasteiger partial charge in [0.2, 0.25) is 0 Å². The summed E-state index contributed by atoms with van der Waals surface area (Å²) in [5, 5.41) is 12.5. The molecule has 0 saturated heterocycles. The van der Waals surface area contributed by atoms with E-state index in [4.69, 9.17) is 5.11 Å². The summed E-state index contributed by atoms with van der Waals surface area (Å²) in [5.74, 6) is 0.548. The summed E-state index contributed by atoms with van der Waals surface area (Å²) >= 11 is 7.05. The molecule has 0 aliphatic heterocycles. The van der Waals surface area contributed by atoms with E-state index in [1.54, 1.807) is 0 Å². The number of hydrogen-bond acceptors (Lipinski definition) is 2. The fourth-order valence-corrected chi connectivity index (χ4v) is 3.33. The Morgan fingerprint density at radius 3 is 2.61 bits per heavy atom. The lowest BCUT2D eigenvalue weighted by Gasteiger charge is -2.20. The van der Waals surface area contributed by atoms with E-state index in [9.17, 15) is 0 Å². The van der Waals surface area contributed by atoms with Gasteiger partial charge in [0.1, 0.15) is 0 Å². The second-order valence-corrected chi connectivity index (χ2v) is 6.35. The van der Waals surface area contributed by atoms with Gasteiger partial charge in [0, 0.05) is 21.6 Å². The number of hydrogen-bond donors (Lipinski definition) is 2. The molecule has 0 saturated carbocycles. The third-order valence-corrected chi connectivity index (χ3v) is 4.44. The molecule has 1 rings (SSSR count). The van der Waals surface area contributed by atoms with E-state index in [0.717, 1.165) is 28.3 Å². The SMILES string of the molecule is CCC(CCO)CNC(C)c1ccc(Br)cc1Br. The Labute approximate surface area is 126 Å². The Balaban J connectivity index is 2.56. The molecule has 2 atom stereocenters. The maximum atomic E-state index is 8.98. The van der Waals surface area contributed by atoms with Crippen LogP contribution >= 0.6 is 31.9 Å². The lowest BCUT2D eigenvalue weighted by atomic mass is 10.0. The van der Waals surface area contributed by atoms with Crippen LogP contribution in [0.25, 0.3) is 0 Å². The van der Waals surface area contributed by atoms with Crippen molar-refractivity contribution >= 4 is 31.9 Å². The lowest BCUT2D eigenvalue weighted by molar-refractivity contribution is 0.249. The van der Waals surface area contributed by atoms with Crippen LogP contribution in [0.1, 0.15) is 38.3 Å². The van der Waals surface area contributed by atoms with Crippen LogP contribution in [0.4, 0.5) is 0 Å². The summed E-state index contributed by atoms with van der Waals surface area (Å²) in [5.41, 5.74) is 1.26. The highest BCUT2D eigenvalue weighted by atomic mass is 79.9. The number of rotatable bonds is 7. The highest BCUT2D eigenvalue weighted by Gasteiger charge is 2.12. The molecule has 0 heterocycles. The molecule has 0 aliphatic rings. The van der Waals surface area contributed by atoms with Crippen LogP contribution in [0.5, 0.6) is 0 Å². The van der Waals surface area contributed by atoms with Crippen molar-refractivity contribution in [2.45, 2.75) is 32.7 Å². The molecule has 102 valence electrons. The average molecular weight is 379 g/mol. The monoisotopic (exact) mass is 377 g/mol. The Kier molecular flexibility index (Phi) is 7.46. The minimum absolute atomic E-state index is 0.274. The van der Waals surface area contributed by atoms with Crippen molar-refractivity contribution in [2.24, 2.45) is 5.92 Å². The topological polar surface area (TPSA) is 32.3 Å². The number of aliphatic hydroxyl groups is 1. The van der Waals surface area contributed by atoms with E-state index < -0.39 is 0 Å². The van der Waals surface area contributed by atoms with Crippen molar-refractivity contribution < 1.29 is 5.11 Å². The molecule has 2 nitrogen and oxygen atoms in total. The summed E-state index contributed by atoms with van der Waals surface area (Å²) in [7, 11) is 0. The molecule has 2 unspecified atom stereocenters. The zero-order valence-electron chi connectivity index (χ0n) is 10.9. The molecular formula is C14H21Br2NO. The smallest absolute Gasteiger partial charge is 0.0434 e. The Bertz CT molecular complexity index is 371. The second-order valence-electron chi connectivity index (χ2n) is 4.58. The molecule has 0 amide bonds. The first-order chi connectivity index (χ1) is 8.58. The number of aliphatic hydroxyl groups excluding tert-OH is 1. The first-order valence-electron chi connectivity index (χ1n) is 6.37. The first-order valence-corrected chi connectivity index (χ1v) is 7.96. The average Bonchev–Trinajstić information content (AvgIpc) is 2.34. The quantitative estimate of drug-likeness (QED) is 0.742. The largest absolute Gasteiger partial charge is 0.396 e. The molecule has 1 aromatic carbocycles. The van der Waals surface area contributed by atoms with Gasteiger partial charge < -0.3 is 10.4 Å². The maximum Gasteiger partial charge on any atom is 0.0434 e. The standard InChI is InChI=1S/C14H21Br2NO/c1-3-11(6-7-18)9-17-10(2)13-5-4-12(15)8-14(13)16/h4-5,8,10-11,17-18H,3,6-7,9H2,1-2H3. The van der Waals surface area contributed by atoms with Gasteiger partial charge in [0.05, 0.1) is 0 Å². The van der Waals surface area contributed by atoms with Gasteiger partial charge in [-0.25, -0.2) is 0 Å². The number of halogens is 2.